The van der Waals surface area contributed by atoms with Gasteiger partial charge in [-0.25, -0.2) is 8.42 Å². The van der Waals surface area contributed by atoms with Crippen LogP contribution in [0.5, 0.6) is 0 Å². The lowest BCUT2D eigenvalue weighted by Crippen LogP contribution is -2.46. The van der Waals surface area contributed by atoms with Crippen LogP contribution >= 0.6 is 0 Å². The summed E-state index contributed by atoms with van der Waals surface area (Å²) in [5, 5.41) is -0.403. The first-order valence-electron chi connectivity index (χ1n) is 8.98. The van der Waals surface area contributed by atoms with Gasteiger partial charge in [-0.2, -0.15) is 0 Å². The van der Waals surface area contributed by atoms with E-state index >= 15 is 0 Å². The Bertz CT molecular complexity index is 912. The number of rotatable bonds is 1. The second-order valence-electron chi connectivity index (χ2n) is 7.36. The summed E-state index contributed by atoms with van der Waals surface area (Å²) in [7, 11) is -1.70. The van der Waals surface area contributed by atoms with Crippen LogP contribution in [-0.4, -0.2) is 38.2 Å². The minimum Gasteiger partial charge on any atom is -0.291 e. The van der Waals surface area contributed by atoms with Crippen molar-refractivity contribution in [2.75, 3.05) is 17.9 Å². The predicted molar refractivity (Wildman–Crippen MR) is 99.2 cm³/mol. The van der Waals surface area contributed by atoms with Gasteiger partial charge in [0.1, 0.15) is 5.25 Å². The molecule has 0 spiro atoms. The van der Waals surface area contributed by atoms with Crippen molar-refractivity contribution in [1.82, 2.24) is 4.90 Å². The van der Waals surface area contributed by atoms with E-state index in [2.05, 4.69) is 23.1 Å². The summed E-state index contributed by atoms with van der Waals surface area (Å²) in [5.74, 6) is 0.0366. The van der Waals surface area contributed by atoms with Gasteiger partial charge in [0.15, 0.2) is 0 Å². The largest absolute Gasteiger partial charge is 0.291 e. The van der Waals surface area contributed by atoms with Crippen molar-refractivity contribution in [3.63, 3.8) is 0 Å². The van der Waals surface area contributed by atoms with Crippen LogP contribution in [0.1, 0.15) is 35.9 Å². The maximum absolute atomic E-state index is 13.5. The molecule has 4 nitrogen and oxygen atoms in total. The third-order valence-electron chi connectivity index (χ3n) is 6.28. The van der Waals surface area contributed by atoms with E-state index < -0.39 is 15.3 Å². The second-order valence-corrected chi connectivity index (χ2v) is 9.49. The molecule has 0 bridgehead atoms. The number of nitrogens with zero attached hydrogens (tertiary/aromatic N) is 2. The zero-order valence-electron chi connectivity index (χ0n) is 14.2. The standard InChI is InChI=1S/C20H22N2O2S/c1-21-16-11-6-5-10-15(16)19-20(25(21,23)24)18(14-8-3-2-4-9-14)17-12-7-13-22(17)19/h2-6,8-11,17-20H,7,12-13H2,1H3/t17-,18+,19-,20-/m0/s1. The molecule has 4 atom stereocenters. The number of hydrogen-bond acceptors (Lipinski definition) is 3. The Morgan fingerprint density at radius 2 is 1.72 bits per heavy atom. The number of benzene rings is 2. The summed E-state index contributed by atoms with van der Waals surface area (Å²) in [5.41, 5.74) is 3.15. The first kappa shape index (κ1) is 15.4. The fourth-order valence-corrected chi connectivity index (χ4v) is 7.43. The molecule has 0 radical (unpaired) electrons. The van der Waals surface area contributed by atoms with E-state index in [1.54, 1.807) is 7.05 Å². The van der Waals surface area contributed by atoms with Gasteiger partial charge in [0.25, 0.3) is 0 Å². The minimum atomic E-state index is -3.40. The Morgan fingerprint density at radius 1 is 1.00 bits per heavy atom. The number of anilines is 1. The molecule has 2 saturated heterocycles. The van der Waals surface area contributed by atoms with Crippen molar-refractivity contribution in [3.05, 3.63) is 65.7 Å². The molecule has 0 amide bonds. The van der Waals surface area contributed by atoms with Crippen LogP contribution in [0.2, 0.25) is 0 Å². The second kappa shape index (κ2) is 5.32. The molecule has 0 aliphatic carbocycles. The Balaban J connectivity index is 1.75. The molecular weight excluding hydrogens is 332 g/mol. The zero-order chi connectivity index (χ0) is 17.2. The maximum atomic E-state index is 13.5. The molecule has 2 aromatic carbocycles. The highest BCUT2D eigenvalue weighted by Gasteiger charge is 2.60. The van der Waals surface area contributed by atoms with Gasteiger partial charge in [0, 0.05) is 19.0 Å². The van der Waals surface area contributed by atoms with Crippen LogP contribution in [0.4, 0.5) is 5.69 Å². The zero-order valence-corrected chi connectivity index (χ0v) is 15.1. The van der Waals surface area contributed by atoms with Crippen molar-refractivity contribution in [3.8, 4) is 0 Å². The Morgan fingerprint density at radius 3 is 2.52 bits per heavy atom. The first-order valence-corrected chi connectivity index (χ1v) is 10.5. The smallest absolute Gasteiger partial charge is 0.240 e. The Kier molecular flexibility index (Phi) is 3.28. The van der Waals surface area contributed by atoms with Crippen LogP contribution in [0.25, 0.3) is 0 Å². The van der Waals surface area contributed by atoms with Gasteiger partial charge in [-0.05, 0) is 36.6 Å². The Hall–Kier alpha value is -1.85. The molecule has 2 fully saturated rings. The van der Waals surface area contributed by atoms with Gasteiger partial charge < -0.3 is 0 Å². The number of fused-ring (bicyclic) bond motifs is 5. The van der Waals surface area contributed by atoms with E-state index in [0.29, 0.717) is 6.04 Å². The highest BCUT2D eigenvalue weighted by Crippen LogP contribution is 2.56. The molecule has 0 saturated carbocycles. The fourth-order valence-electron chi connectivity index (χ4n) is 5.28. The van der Waals surface area contributed by atoms with E-state index in [9.17, 15) is 8.42 Å². The fraction of sp³-hybridized carbons (Fsp3) is 0.400. The summed E-state index contributed by atoms with van der Waals surface area (Å²) >= 11 is 0. The molecule has 5 rings (SSSR count). The SMILES string of the molecule is CN1c2ccccc2[C@H]2[C@H]([C@H](c3ccccc3)[C@@H]3CCCN32)S1(=O)=O. The predicted octanol–water partition coefficient (Wildman–Crippen LogP) is 3.14. The van der Waals surface area contributed by atoms with E-state index in [1.165, 1.54) is 4.31 Å². The highest BCUT2D eigenvalue weighted by molar-refractivity contribution is 7.93. The topological polar surface area (TPSA) is 40.6 Å². The first-order chi connectivity index (χ1) is 12.1. The summed E-state index contributed by atoms with van der Waals surface area (Å²) < 4.78 is 28.5. The molecular formula is C20H22N2O2S. The van der Waals surface area contributed by atoms with Gasteiger partial charge in [0.2, 0.25) is 10.0 Å². The molecule has 3 aliphatic heterocycles. The molecule has 2 aromatic rings. The van der Waals surface area contributed by atoms with Crippen LogP contribution in [0, 0.1) is 0 Å². The molecule has 0 N–H and O–H groups in total. The van der Waals surface area contributed by atoms with Gasteiger partial charge in [-0.1, -0.05) is 48.5 Å². The molecule has 25 heavy (non-hydrogen) atoms. The van der Waals surface area contributed by atoms with Crippen molar-refractivity contribution >= 4 is 15.7 Å². The van der Waals surface area contributed by atoms with Gasteiger partial charge in [-0.15, -0.1) is 0 Å². The molecule has 0 unspecified atom stereocenters. The van der Waals surface area contributed by atoms with Crippen molar-refractivity contribution in [1.29, 1.82) is 0 Å². The number of sulfonamides is 1. The van der Waals surface area contributed by atoms with Crippen LogP contribution < -0.4 is 4.31 Å². The molecule has 130 valence electrons. The Labute approximate surface area is 149 Å². The quantitative estimate of drug-likeness (QED) is 0.790. The van der Waals surface area contributed by atoms with Crippen molar-refractivity contribution in [2.24, 2.45) is 0 Å². The lowest BCUT2D eigenvalue weighted by molar-refractivity contribution is 0.244. The lowest BCUT2D eigenvalue weighted by Gasteiger charge is -2.39. The van der Waals surface area contributed by atoms with Crippen LogP contribution in [0.3, 0.4) is 0 Å². The molecule has 3 heterocycles. The summed E-state index contributed by atoms with van der Waals surface area (Å²) in [4.78, 5) is 2.46. The normalized spacial score (nSPS) is 32.9. The minimum absolute atomic E-state index is 0.0323. The summed E-state index contributed by atoms with van der Waals surface area (Å²) in [6, 6.07) is 18.5. The molecule has 3 aliphatic rings. The average molecular weight is 354 g/mol. The maximum Gasteiger partial charge on any atom is 0.240 e. The average Bonchev–Trinajstić information content (AvgIpc) is 3.21. The van der Waals surface area contributed by atoms with Crippen LogP contribution in [-0.2, 0) is 10.0 Å². The third-order valence-corrected chi connectivity index (χ3v) is 8.48. The number of hydrogen-bond donors (Lipinski definition) is 0. The summed E-state index contributed by atoms with van der Waals surface area (Å²) in [6.07, 6.45) is 2.23. The van der Waals surface area contributed by atoms with Gasteiger partial charge in [-0.3, -0.25) is 9.21 Å². The van der Waals surface area contributed by atoms with E-state index in [0.717, 1.165) is 36.2 Å². The third kappa shape index (κ3) is 1.99. The molecule has 0 aromatic heterocycles. The molecule has 5 heteroatoms. The van der Waals surface area contributed by atoms with Gasteiger partial charge in [0.05, 0.1) is 11.7 Å². The van der Waals surface area contributed by atoms with E-state index in [4.69, 9.17) is 0 Å². The van der Waals surface area contributed by atoms with Crippen molar-refractivity contribution < 1.29 is 8.42 Å². The number of para-hydroxylation sites is 1. The lowest BCUT2D eigenvalue weighted by atomic mass is 9.87. The van der Waals surface area contributed by atoms with Crippen molar-refractivity contribution in [2.45, 2.75) is 36.1 Å². The van der Waals surface area contributed by atoms with E-state index in [-0.39, 0.29) is 12.0 Å². The van der Waals surface area contributed by atoms with E-state index in [1.807, 2.05) is 36.4 Å². The highest BCUT2D eigenvalue weighted by atomic mass is 32.2. The van der Waals surface area contributed by atoms with Gasteiger partial charge >= 0.3 is 0 Å². The monoisotopic (exact) mass is 354 g/mol. The summed E-state index contributed by atoms with van der Waals surface area (Å²) in [6.45, 7) is 0.989. The van der Waals surface area contributed by atoms with Crippen LogP contribution in [0.15, 0.2) is 54.6 Å².